The Labute approximate surface area is 143 Å². The van der Waals surface area contributed by atoms with Crippen molar-refractivity contribution in [3.63, 3.8) is 0 Å². The van der Waals surface area contributed by atoms with E-state index in [9.17, 15) is 4.79 Å². The van der Waals surface area contributed by atoms with Gasteiger partial charge in [0.1, 0.15) is 11.5 Å². The second-order valence-electron chi connectivity index (χ2n) is 6.08. The average Bonchev–Trinajstić information content (AvgIpc) is 2.60. The molecule has 0 aliphatic rings. The highest BCUT2D eigenvalue weighted by Crippen LogP contribution is 2.29. The van der Waals surface area contributed by atoms with Crippen LogP contribution in [0, 0.1) is 0 Å². The normalized spacial score (nSPS) is 11.9. The van der Waals surface area contributed by atoms with Crippen molar-refractivity contribution >= 4 is 5.91 Å². The van der Waals surface area contributed by atoms with Gasteiger partial charge in [-0.3, -0.25) is 4.79 Å². The van der Waals surface area contributed by atoms with Gasteiger partial charge in [-0.25, -0.2) is 0 Å². The van der Waals surface area contributed by atoms with E-state index < -0.39 is 0 Å². The smallest absolute Gasteiger partial charge is 0.251 e. The first kappa shape index (κ1) is 17.9. The number of carbonyl (C=O) groups is 1. The largest absolute Gasteiger partial charge is 0.497 e. The highest BCUT2D eigenvalue weighted by atomic mass is 16.5. The fourth-order valence-electron chi connectivity index (χ4n) is 2.55. The molecule has 1 amide bonds. The summed E-state index contributed by atoms with van der Waals surface area (Å²) in [6.45, 7) is 6.19. The summed E-state index contributed by atoms with van der Waals surface area (Å²) in [4.78, 5) is 12.5. The van der Waals surface area contributed by atoms with Crippen molar-refractivity contribution < 1.29 is 14.3 Å². The minimum Gasteiger partial charge on any atom is -0.497 e. The van der Waals surface area contributed by atoms with E-state index in [0.717, 1.165) is 17.1 Å². The Balaban J connectivity index is 2.16. The van der Waals surface area contributed by atoms with Gasteiger partial charge in [0.05, 0.1) is 20.3 Å². The zero-order chi connectivity index (χ0) is 17.7. The molecule has 0 heterocycles. The number of nitrogens with one attached hydrogen (secondary N) is 1. The molecule has 4 heteroatoms. The first-order chi connectivity index (χ1) is 11.5. The summed E-state index contributed by atoms with van der Waals surface area (Å²) in [6.07, 6.45) is 0. The van der Waals surface area contributed by atoms with Gasteiger partial charge in [0, 0.05) is 11.1 Å². The lowest BCUT2D eigenvalue weighted by Crippen LogP contribution is -2.27. The van der Waals surface area contributed by atoms with Crippen molar-refractivity contribution in [2.75, 3.05) is 14.2 Å². The number of hydrogen-bond donors (Lipinski definition) is 1. The SMILES string of the molecule is COc1ccc(OC)c([C@H](C)NC(=O)c2ccc(C(C)C)cc2)c1. The van der Waals surface area contributed by atoms with Gasteiger partial charge in [0.2, 0.25) is 0 Å². The third-order valence-electron chi connectivity index (χ3n) is 4.09. The van der Waals surface area contributed by atoms with Crippen LogP contribution in [0.15, 0.2) is 42.5 Å². The van der Waals surface area contributed by atoms with E-state index >= 15 is 0 Å². The summed E-state index contributed by atoms with van der Waals surface area (Å²) in [5, 5.41) is 3.01. The second-order valence-corrected chi connectivity index (χ2v) is 6.08. The summed E-state index contributed by atoms with van der Waals surface area (Å²) in [5.41, 5.74) is 2.74. The minimum atomic E-state index is -0.202. The number of benzene rings is 2. The Bertz CT molecular complexity index is 693. The summed E-state index contributed by atoms with van der Waals surface area (Å²) in [6, 6.07) is 13.1. The number of carbonyl (C=O) groups excluding carboxylic acids is 1. The molecule has 1 N–H and O–H groups in total. The van der Waals surface area contributed by atoms with Gasteiger partial charge in [0.15, 0.2) is 0 Å². The van der Waals surface area contributed by atoms with Crippen molar-refractivity contribution in [2.24, 2.45) is 0 Å². The lowest BCUT2D eigenvalue weighted by Gasteiger charge is -2.18. The van der Waals surface area contributed by atoms with Crippen molar-refractivity contribution in [1.82, 2.24) is 5.32 Å². The van der Waals surface area contributed by atoms with Crippen LogP contribution in [0.2, 0.25) is 0 Å². The molecule has 0 saturated carbocycles. The molecular formula is C20H25NO3. The fourth-order valence-corrected chi connectivity index (χ4v) is 2.55. The van der Waals surface area contributed by atoms with E-state index in [2.05, 4.69) is 19.2 Å². The monoisotopic (exact) mass is 327 g/mol. The fraction of sp³-hybridized carbons (Fsp3) is 0.350. The quantitative estimate of drug-likeness (QED) is 0.859. The first-order valence-electron chi connectivity index (χ1n) is 8.09. The van der Waals surface area contributed by atoms with E-state index in [1.807, 2.05) is 49.4 Å². The average molecular weight is 327 g/mol. The van der Waals surface area contributed by atoms with Gasteiger partial charge in [0.25, 0.3) is 5.91 Å². The van der Waals surface area contributed by atoms with Crippen molar-refractivity contribution in [1.29, 1.82) is 0 Å². The van der Waals surface area contributed by atoms with Crippen LogP contribution in [-0.2, 0) is 0 Å². The number of rotatable bonds is 6. The molecule has 0 aliphatic heterocycles. The molecule has 0 aliphatic carbocycles. The summed E-state index contributed by atoms with van der Waals surface area (Å²) in [5.74, 6) is 1.79. The van der Waals surface area contributed by atoms with Crippen LogP contribution in [0.1, 0.15) is 54.2 Å². The third kappa shape index (κ3) is 4.07. The Hall–Kier alpha value is -2.49. The van der Waals surface area contributed by atoms with Gasteiger partial charge < -0.3 is 14.8 Å². The number of hydrogen-bond acceptors (Lipinski definition) is 3. The lowest BCUT2D eigenvalue weighted by molar-refractivity contribution is 0.0939. The van der Waals surface area contributed by atoms with Crippen LogP contribution in [0.4, 0.5) is 0 Å². The van der Waals surface area contributed by atoms with Gasteiger partial charge in [-0.2, -0.15) is 0 Å². The van der Waals surface area contributed by atoms with Crippen molar-refractivity contribution in [2.45, 2.75) is 32.7 Å². The third-order valence-corrected chi connectivity index (χ3v) is 4.09. The maximum atomic E-state index is 12.5. The van der Waals surface area contributed by atoms with Gasteiger partial charge in [-0.1, -0.05) is 26.0 Å². The Morgan fingerprint density at radius 1 is 0.958 bits per heavy atom. The maximum Gasteiger partial charge on any atom is 0.251 e. The van der Waals surface area contributed by atoms with E-state index in [-0.39, 0.29) is 11.9 Å². The Morgan fingerprint density at radius 2 is 1.62 bits per heavy atom. The molecule has 0 radical (unpaired) electrons. The van der Waals surface area contributed by atoms with Gasteiger partial charge in [-0.05, 0) is 48.7 Å². The molecule has 24 heavy (non-hydrogen) atoms. The van der Waals surface area contributed by atoms with Crippen LogP contribution in [0.5, 0.6) is 11.5 Å². The van der Waals surface area contributed by atoms with Crippen LogP contribution < -0.4 is 14.8 Å². The highest BCUT2D eigenvalue weighted by Gasteiger charge is 2.16. The zero-order valence-corrected chi connectivity index (χ0v) is 14.9. The predicted molar refractivity (Wildman–Crippen MR) is 96.0 cm³/mol. The van der Waals surface area contributed by atoms with E-state index in [1.165, 1.54) is 5.56 Å². The standard InChI is InChI=1S/C20H25NO3/c1-13(2)15-6-8-16(9-7-15)20(22)21-14(3)18-12-17(23-4)10-11-19(18)24-5/h6-14H,1-5H3,(H,21,22)/t14-/m0/s1. The Kier molecular flexibility index (Phi) is 5.85. The molecule has 0 aromatic heterocycles. The molecule has 0 fully saturated rings. The van der Waals surface area contributed by atoms with Crippen molar-refractivity contribution in [3.05, 3.63) is 59.2 Å². The van der Waals surface area contributed by atoms with Crippen LogP contribution in [0.3, 0.4) is 0 Å². The molecule has 2 aromatic rings. The second kappa shape index (κ2) is 7.86. The van der Waals surface area contributed by atoms with Gasteiger partial charge in [-0.15, -0.1) is 0 Å². The first-order valence-corrected chi connectivity index (χ1v) is 8.09. The van der Waals surface area contributed by atoms with Crippen LogP contribution in [-0.4, -0.2) is 20.1 Å². The molecule has 2 aromatic carbocycles. The minimum absolute atomic E-state index is 0.109. The van der Waals surface area contributed by atoms with Gasteiger partial charge >= 0.3 is 0 Å². The number of amides is 1. The molecular weight excluding hydrogens is 302 g/mol. The Morgan fingerprint density at radius 3 is 2.17 bits per heavy atom. The molecule has 1 atom stereocenters. The topological polar surface area (TPSA) is 47.6 Å². The molecule has 0 bridgehead atoms. The maximum absolute atomic E-state index is 12.5. The number of ether oxygens (including phenoxy) is 2. The molecule has 128 valence electrons. The highest BCUT2D eigenvalue weighted by molar-refractivity contribution is 5.94. The molecule has 0 spiro atoms. The summed E-state index contributed by atoms with van der Waals surface area (Å²) < 4.78 is 10.6. The summed E-state index contributed by atoms with van der Waals surface area (Å²) >= 11 is 0. The lowest BCUT2D eigenvalue weighted by atomic mass is 10.0. The summed E-state index contributed by atoms with van der Waals surface area (Å²) in [7, 11) is 3.23. The van der Waals surface area contributed by atoms with E-state index in [4.69, 9.17) is 9.47 Å². The van der Waals surface area contributed by atoms with Crippen molar-refractivity contribution in [3.8, 4) is 11.5 Å². The number of methoxy groups -OCH3 is 2. The van der Waals surface area contributed by atoms with E-state index in [1.54, 1.807) is 14.2 Å². The van der Waals surface area contributed by atoms with Crippen LogP contribution >= 0.6 is 0 Å². The van der Waals surface area contributed by atoms with E-state index in [0.29, 0.717) is 11.5 Å². The molecule has 0 unspecified atom stereocenters. The zero-order valence-electron chi connectivity index (χ0n) is 14.9. The molecule has 2 rings (SSSR count). The molecule has 4 nitrogen and oxygen atoms in total. The molecule has 0 saturated heterocycles. The predicted octanol–water partition coefficient (Wildman–Crippen LogP) is 4.32. The van der Waals surface area contributed by atoms with Crippen LogP contribution in [0.25, 0.3) is 0 Å².